The molecule has 0 radical (unpaired) electrons. The van der Waals surface area contributed by atoms with Crippen LogP contribution in [-0.4, -0.2) is 23.7 Å². The molecule has 0 saturated heterocycles. The van der Waals surface area contributed by atoms with E-state index in [1.807, 2.05) is 20.8 Å². The van der Waals surface area contributed by atoms with Crippen LogP contribution in [0.2, 0.25) is 0 Å². The molecule has 0 aliphatic carbocycles. The summed E-state index contributed by atoms with van der Waals surface area (Å²) < 4.78 is 0. The molecule has 0 saturated carbocycles. The van der Waals surface area contributed by atoms with E-state index in [2.05, 4.69) is 9.98 Å². The first-order valence-electron chi connectivity index (χ1n) is 4.68. The number of isocyanates is 2. The van der Waals surface area contributed by atoms with E-state index in [1.165, 1.54) is 6.08 Å². The quantitative estimate of drug-likeness (QED) is 0.482. The minimum atomic E-state index is -0.355. The fourth-order valence-corrected chi connectivity index (χ4v) is 1.16. The van der Waals surface area contributed by atoms with Crippen LogP contribution in [0.25, 0.3) is 0 Å². The summed E-state index contributed by atoms with van der Waals surface area (Å²) in [6.07, 6.45) is 5.57. The van der Waals surface area contributed by atoms with Gasteiger partial charge in [0, 0.05) is 0 Å². The van der Waals surface area contributed by atoms with Gasteiger partial charge in [0.25, 0.3) is 0 Å². The van der Waals surface area contributed by atoms with E-state index >= 15 is 0 Å². The van der Waals surface area contributed by atoms with Crippen molar-refractivity contribution in [2.45, 2.75) is 51.6 Å². The van der Waals surface area contributed by atoms with E-state index in [-0.39, 0.29) is 11.6 Å². The summed E-state index contributed by atoms with van der Waals surface area (Å²) in [6.45, 7) is 5.62. The molecule has 0 aromatic carbocycles. The van der Waals surface area contributed by atoms with Gasteiger partial charge in [-0.05, 0) is 40.0 Å². The highest BCUT2D eigenvalue weighted by Gasteiger charge is 2.15. The molecule has 4 nitrogen and oxygen atoms in total. The molecule has 78 valence electrons. The lowest BCUT2D eigenvalue weighted by Crippen LogP contribution is -2.16. The summed E-state index contributed by atoms with van der Waals surface area (Å²) in [5.74, 6) is 0. The molecule has 0 fully saturated rings. The predicted molar refractivity (Wildman–Crippen MR) is 53.6 cm³/mol. The minimum Gasteiger partial charge on any atom is -0.211 e. The summed E-state index contributed by atoms with van der Waals surface area (Å²) in [7, 11) is 0. The van der Waals surface area contributed by atoms with Crippen LogP contribution in [0, 0.1) is 0 Å². The van der Waals surface area contributed by atoms with Gasteiger partial charge in [-0.15, -0.1) is 0 Å². The third kappa shape index (κ3) is 6.30. The van der Waals surface area contributed by atoms with Gasteiger partial charge in [0.1, 0.15) is 0 Å². The monoisotopic (exact) mass is 196 g/mol. The van der Waals surface area contributed by atoms with Gasteiger partial charge in [0.05, 0.1) is 11.6 Å². The van der Waals surface area contributed by atoms with Crippen molar-refractivity contribution in [2.24, 2.45) is 9.98 Å². The SMILES string of the molecule is CC(CCCC(C)(C)N=C=O)N=C=O. The molecule has 0 spiro atoms. The van der Waals surface area contributed by atoms with Crippen LogP contribution in [-0.2, 0) is 9.59 Å². The molecule has 0 rings (SSSR count). The Hall–Kier alpha value is -1.24. The summed E-state index contributed by atoms with van der Waals surface area (Å²) in [5.41, 5.74) is -0.355. The standard InChI is InChI=1S/C10H16N2O2/c1-9(11-7-13)5-4-6-10(2,3)12-8-14/h9H,4-6H2,1-3H3. The van der Waals surface area contributed by atoms with Crippen LogP contribution < -0.4 is 0 Å². The fraction of sp³-hybridized carbons (Fsp3) is 0.800. The highest BCUT2D eigenvalue weighted by molar-refractivity contribution is 5.34. The van der Waals surface area contributed by atoms with Crippen molar-refractivity contribution in [2.75, 3.05) is 0 Å². The molecule has 1 atom stereocenters. The molecule has 0 N–H and O–H groups in total. The van der Waals surface area contributed by atoms with Crippen molar-refractivity contribution >= 4 is 12.2 Å². The second-order valence-corrected chi connectivity index (χ2v) is 3.98. The van der Waals surface area contributed by atoms with Gasteiger partial charge in [-0.2, -0.15) is 4.99 Å². The predicted octanol–water partition coefficient (Wildman–Crippen LogP) is 2.00. The average molecular weight is 196 g/mol. The largest absolute Gasteiger partial charge is 0.235 e. The zero-order valence-corrected chi connectivity index (χ0v) is 8.91. The molecule has 1 unspecified atom stereocenters. The van der Waals surface area contributed by atoms with Crippen molar-refractivity contribution in [1.29, 1.82) is 0 Å². The lowest BCUT2D eigenvalue weighted by molar-refractivity contribution is 0.436. The van der Waals surface area contributed by atoms with Gasteiger partial charge in [-0.25, -0.2) is 14.6 Å². The molecule has 0 aromatic rings. The maximum atomic E-state index is 10.1. The summed E-state index contributed by atoms with van der Waals surface area (Å²) in [5, 5.41) is 0. The Morgan fingerprint density at radius 2 is 1.93 bits per heavy atom. The topological polar surface area (TPSA) is 58.9 Å². The maximum Gasteiger partial charge on any atom is 0.235 e. The Bertz CT molecular complexity index is 261. The normalized spacial score (nSPS) is 12.5. The summed E-state index contributed by atoms with van der Waals surface area (Å²) in [4.78, 5) is 27.2. The van der Waals surface area contributed by atoms with E-state index in [0.29, 0.717) is 0 Å². The van der Waals surface area contributed by atoms with Gasteiger partial charge in [-0.1, -0.05) is 0 Å². The Morgan fingerprint density at radius 1 is 1.29 bits per heavy atom. The maximum absolute atomic E-state index is 10.1. The zero-order chi connectivity index (χ0) is 11.0. The second kappa shape index (κ2) is 6.25. The molecular formula is C10H16N2O2. The number of hydrogen-bond acceptors (Lipinski definition) is 4. The molecule has 4 heteroatoms. The summed E-state index contributed by atoms with van der Waals surface area (Å²) in [6, 6.07) is 0.00325. The smallest absolute Gasteiger partial charge is 0.211 e. The molecule has 0 bridgehead atoms. The Labute approximate surface area is 84.1 Å². The second-order valence-electron chi connectivity index (χ2n) is 3.98. The molecule has 0 aromatic heterocycles. The highest BCUT2D eigenvalue weighted by atomic mass is 16.1. The number of rotatable bonds is 6. The van der Waals surface area contributed by atoms with Gasteiger partial charge >= 0.3 is 0 Å². The van der Waals surface area contributed by atoms with E-state index in [1.54, 1.807) is 6.08 Å². The molecule has 14 heavy (non-hydrogen) atoms. The minimum absolute atomic E-state index is 0.00325. The van der Waals surface area contributed by atoms with Crippen molar-refractivity contribution in [3.8, 4) is 0 Å². The van der Waals surface area contributed by atoms with Crippen LogP contribution in [0.1, 0.15) is 40.0 Å². The fourth-order valence-electron chi connectivity index (χ4n) is 1.16. The molecule has 0 amide bonds. The first-order chi connectivity index (χ1) is 6.52. The lowest BCUT2D eigenvalue weighted by atomic mass is 9.97. The first-order valence-corrected chi connectivity index (χ1v) is 4.68. The van der Waals surface area contributed by atoms with Crippen molar-refractivity contribution in [1.82, 2.24) is 0 Å². The number of hydrogen-bond donors (Lipinski definition) is 0. The van der Waals surface area contributed by atoms with Crippen LogP contribution in [0.3, 0.4) is 0 Å². The third-order valence-electron chi connectivity index (χ3n) is 2.03. The van der Waals surface area contributed by atoms with E-state index in [4.69, 9.17) is 0 Å². The Morgan fingerprint density at radius 3 is 2.43 bits per heavy atom. The number of carbonyl (C=O) groups excluding carboxylic acids is 2. The number of aliphatic imine (C=N–C) groups is 2. The van der Waals surface area contributed by atoms with Crippen molar-refractivity contribution in [3.63, 3.8) is 0 Å². The van der Waals surface area contributed by atoms with Crippen molar-refractivity contribution < 1.29 is 9.59 Å². The van der Waals surface area contributed by atoms with Gasteiger partial charge in [0.15, 0.2) is 0 Å². The van der Waals surface area contributed by atoms with Crippen LogP contribution in [0.15, 0.2) is 9.98 Å². The van der Waals surface area contributed by atoms with Gasteiger partial charge in [-0.3, -0.25) is 0 Å². The van der Waals surface area contributed by atoms with Crippen molar-refractivity contribution in [3.05, 3.63) is 0 Å². The van der Waals surface area contributed by atoms with Crippen LogP contribution in [0.4, 0.5) is 0 Å². The average Bonchev–Trinajstić information content (AvgIpc) is 2.03. The molecular weight excluding hydrogens is 180 g/mol. The zero-order valence-electron chi connectivity index (χ0n) is 8.91. The van der Waals surface area contributed by atoms with Crippen LogP contribution in [0.5, 0.6) is 0 Å². The van der Waals surface area contributed by atoms with Crippen LogP contribution >= 0.6 is 0 Å². The Balaban J connectivity index is 3.84. The van der Waals surface area contributed by atoms with E-state index < -0.39 is 0 Å². The van der Waals surface area contributed by atoms with E-state index in [0.717, 1.165) is 19.3 Å². The third-order valence-corrected chi connectivity index (χ3v) is 2.03. The van der Waals surface area contributed by atoms with E-state index in [9.17, 15) is 9.59 Å². The molecule has 0 aliphatic heterocycles. The Kier molecular flexibility index (Phi) is 5.70. The number of nitrogens with zero attached hydrogens (tertiary/aromatic N) is 2. The van der Waals surface area contributed by atoms with Gasteiger partial charge in [0.2, 0.25) is 12.2 Å². The summed E-state index contributed by atoms with van der Waals surface area (Å²) >= 11 is 0. The lowest BCUT2D eigenvalue weighted by Gasteiger charge is -2.17. The molecule has 0 heterocycles. The first kappa shape index (κ1) is 12.8. The molecule has 0 aliphatic rings. The van der Waals surface area contributed by atoms with Gasteiger partial charge < -0.3 is 0 Å². The highest BCUT2D eigenvalue weighted by Crippen LogP contribution is 2.18.